The molecule has 2 heterocycles. The summed E-state index contributed by atoms with van der Waals surface area (Å²) in [5.74, 6) is -1.63. The van der Waals surface area contributed by atoms with Crippen molar-refractivity contribution in [1.29, 1.82) is 0 Å². The zero-order chi connectivity index (χ0) is 27.5. The molecule has 10 heteroatoms. The minimum atomic E-state index is -0.485. The molecule has 2 rings (SSSR count). The van der Waals surface area contributed by atoms with E-state index in [2.05, 4.69) is 9.97 Å². The van der Waals surface area contributed by atoms with Crippen molar-refractivity contribution in [2.45, 2.75) is 73.6 Å². The highest BCUT2D eigenvalue weighted by Gasteiger charge is 2.25. The first-order valence-electron chi connectivity index (χ1n) is 12.7. The Morgan fingerprint density at radius 3 is 1.27 bits per heavy atom. The van der Waals surface area contributed by atoms with Crippen molar-refractivity contribution in [1.82, 2.24) is 9.97 Å². The van der Waals surface area contributed by atoms with Crippen LogP contribution < -0.4 is 0 Å². The second kappa shape index (κ2) is 14.2. The van der Waals surface area contributed by atoms with Crippen molar-refractivity contribution in [3.8, 4) is 0 Å². The summed E-state index contributed by atoms with van der Waals surface area (Å²) in [6, 6.07) is 0. The number of ether oxygens (including phenoxy) is 4. The molecular formula is C27H38N2O8. The fourth-order valence-electron chi connectivity index (χ4n) is 4.29. The molecular weight excluding hydrogens is 480 g/mol. The molecule has 0 unspecified atom stereocenters. The monoisotopic (exact) mass is 518 g/mol. The topological polar surface area (TPSA) is 137 Å². The number of aromatic amines is 2. The molecule has 0 aliphatic heterocycles. The number of hydrogen-bond acceptors (Lipinski definition) is 8. The number of rotatable bonds is 14. The molecule has 0 saturated carbocycles. The highest BCUT2D eigenvalue weighted by Crippen LogP contribution is 2.28. The van der Waals surface area contributed by atoms with Crippen LogP contribution in [-0.4, -0.2) is 60.3 Å². The Balaban J connectivity index is 2.51. The summed E-state index contributed by atoms with van der Waals surface area (Å²) in [5.41, 5.74) is 5.04. The molecule has 0 aliphatic carbocycles. The minimum absolute atomic E-state index is 0.148. The Bertz CT molecular complexity index is 1030. The van der Waals surface area contributed by atoms with E-state index in [-0.39, 0.29) is 51.2 Å². The van der Waals surface area contributed by atoms with Crippen LogP contribution in [0.2, 0.25) is 0 Å². The lowest BCUT2D eigenvalue weighted by Crippen LogP contribution is -2.08. The van der Waals surface area contributed by atoms with Gasteiger partial charge in [0.25, 0.3) is 0 Å². The van der Waals surface area contributed by atoms with Crippen LogP contribution in [0.5, 0.6) is 0 Å². The maximum Gasteiger partial charge on any atom is 0.355 e. The second-order valence-electron chi connectivity index (χ2n) is 8.39. The highest BCUT2D eigenvalue weighted by molar-refractivity contribution is 5.91. The summed E-state index contributed by atoms with van der Waals surface area (Å²) < 4.78 is 20.6. The number of nitrogens with one attached hydrogen (secondary N) is 2. The van der Waals surface area contributed by atoms with E-state index in [1.165, 1.54) is 0 Å². The van der Waals surface area contributed by atoms with Gasteiger partial charge in [0, 0.05) is 30.7 Å². The molecule has 2 aromatic rings. The van der Waals surface area contributed by atoms with Crippen molar-refractivity contribution in [2.24, 2.45) is 0 Å². The normalized spacial score (nSPS) is 10.8. The predicted octanol–water partition coefficient (Wildman–Crippen LogP) is 3.90. The molecule has 0 aromatic carbocycles. The van der Waals surface area contributed by atoms with Crippen LogP contribution >= 0.6 is 0 Å². The van der Waals surface area contributed by atoms with Crippen molar-refractivity contribution in [3.63, 3.8) is 0 Å². The van der Waals surface area contributed by atoms with Gasteiger partial charge < -0.3 is 28.9 Å². The number of carbonyl (C=O) groups excluding carboxylic acids is 4. The van der Waals surface area contributed by atoms with Gasteiger partial charge in [-0.3, -0.25) is 9.59 Å². The molecule has 0 spiro atoms. The van der Waals surface area contributed by atoms with E-state index in [9.17, 15) is 19.2 Å². The zero-order valence-corrected chi connectivity index (χ0v) is 22.6. The third-order valence-electron chi connectivity index (χ3n) is 6.02. The van der Waals surface area contributed by atoms with E-state index in [1.807, 2.05) is 0 Å². The first-order valence-corrected chi connectivity index (χ1v) is 12.7. The van der Waals surface area contributed by atoms with Crippen LogP contribution in [0.4, 0.5) is 0 Å². The van der Waals surface area contributed by atoms with E-state index >= 15 is 0 Å². The first-order chi connectivity index (χ1) is 17.7. The van der Waals surface area contributed by atoms with Gasteiger partial charge in [-0.1, -0.05) is 0 Å². The van der Waals surface area contributed by atoms with Gasteiger partial charge in [0.05, 0.1) is 26.4 Å². The molecule has 0 fully saturated rings. The molecule has 0 atom stereocenters. The SMILES string of the molecule is CCOC(=O)CCc1c(Cc2[nH]c(C(=O)OCC)c(C)c2CCC(=O)OCC)[nH]c(C(=O)OCC)c1C. The lowest BCUT2D eigenvalue weighted by Gasteiger charge is -2.08. The van der Waals surface area contributed by atoms with Gasteiger partial charge in [-0.05, 0) is 76.6 Å². The maximum absolute atomic E-state index is 12.6. The highest BCUT2D eigenvalue weighted by atomic mass is 16.5. The Labute approximate surface area is 217 Å². The van der Waals surface area contributed by atoms with Crippen LogP contribution in [0, 0.1) is 13.8 Å². The van der Waals surface area contributed by atoms with Crippen molar-refractivity contribution in [2.75, 3.05) is 26.4 Å². The number of H-pyrrole nitrogens is 2. The molecule has 0 aliphatic rings. The van der Waals surface area contributed by atoms with Gasteiger partial charge in [0.1, 0.15) is 11.4 Å². The lowest BCUT2D eigenvalue weighted by atomic mass is 9.98. The Morgan fingerprint density at radius 1 is 0.595 bits per heavy atom. The first kappa shape index (κ1) is 29.7. The van der Waals surface area contributed by atoms with Crippen molar-refractivity contribution < 1.29 is 38.1 Å². The van der Waals surface area contributed by atoms with E-state index in [0.717, 1.165) is 11.1 Å². The van der Waals surface area contributed by atoms with E-state index in [4.69, 9.17) is 18.9 Å². The third-order valence-corrected chi connectivity index (χ3v) is 6.02. The zero-order valence-electron chi connectivity index (χ0n) is 22.6. The minimum Gasteiger partial charge on any atom is -0.466 e. The van der Waals surface area contributed by atoms with Crippen molar-refractivity contribution in [3.05, 3.63) is 45.0 Å². The van der Waals surface area contributed by atoms with E-state index < -0.39 is 11.9 Å². The maximum atomic E-state index is 12.6. The summed E-state index contributed by atoms with van der Waals surface area (Å²) in [7, 11) is 0. The van der Waals surface area contributed by atoms with Gasteiger partial charge in [-0.15, -0.1) is 0 Å². The average Bonchev–Trinajstić information content (AvgIpc) is 3.33. The van der Waals surface area contributed by atoms with Crippen LogP contribution in [0.25, 0.3) is 0 Å². The molecule has 0 bridgehead atoms. The smallest absolute Gasteiger partial charge is 0.355 e. The molecule has 0 radical (unpaired) electrons. The van der Waals surface area contributed by atoms with Crippen LogP contribution in [0.3, 0.4) is 0 Å². The van der Waals surface area contributed by atoms with E-state index in [0.29, 0.717) is 53.2 Å². The molecule has 2 N–H and O–H groups in total. The summed E-state index contributed by atoms with van der Waals surface area (Å²) in [6.45, 7) is 11.6. The van der Waals surface area contributed by atoms with Gasteiger partial charge in [0.2, 0.25) is 0 Å². The van der Waals surface area contributed by atoms with Crippen LogP contribution in [0.1, 0.15) is 95.2 Å². The Kier molecular flexibility index (Phi) is 11.4. The summed E-state index contributed by atoms with van der Waals surface area (Å²) in [5, 5.41) is 0. The molecule has 10 nitrogen and oxygen atoms in total. The molecule has 0 amide bonds. The summed E-state index contributed by atoms with van der Waals surface area (Å²) >= 11 is 0. The van der Waals surface area contributed by atoms with Gasteiger partial charge in [-0.25, -0.2) is 9.59 Å². The summed E-state index contributed by atoms with van der Waals surface area (Å²) in [4.78, 5) is 55.6. The Morgan fingerprint density at radius 2 is 0.946 bits per heavy atom. The number of aromatic nitrogens is 2. The lowest BCUT2D eigenvalue weighted by molar-refractivity contribution is -0.144. The van der Waals surface area contributed by atoms with Crippen LogP contribution in [-0.2, 0) is 47.8 Å². The largest absolute Gasteiger partial charge is 0.466 e. The third kappa shape index (κ3) is 7.71. The average molecular weight is 519 g/mol. The molecule has 0 saturated heterocycles. The summed E-state index contributed by atoms with van der Waals surface area (Å²) in [6.07, 6.45) is 1.32. The molecule has 204 valence electrons. The molecule has 37 heavy (non-hydrogen) atoms. The fraction of sp³-hybridized carbons (Fsp3) is 0.556. The quantitative estimate of drug-likeness (QED) is 0.284. The van der Waals surface area contributed by atoms with Gasteiger partial charge >= 0.3 is 23.9 Å². The van der Waals surface area contributed by atoms with Gasteiger partial charge in [0.15, 0.2) is 0 Å². The Hall–Kier alpha value is -3.56. The second-order valence-corrected chi connectivity index (χ2v) is 8.39. The van der Waals surface area contributed by atoms with Crippen LogP contribution in [0.15, 0.2) is 0 Å². The number of hydrogen-bond donors (Lipinski definition) is 2. The number of esters is 4. The number of carbonyl (C=O) groups is 4. The van der Waals surface area contributed by atoms with E-state index in [1.54, 1.807) is 41.5 Å². The van der Waals surface area contributed by atoms with Crippen molar-refractivity contribution >= 4 is 23.9 Å². The molecule has 2 aromatic heterocycles. The predicted molar refractivity (Wildman–Crippen MR) is 136 cm³/mol. The fourth-order valence-corrected chi connectivity index (χ4v) is 4.29. The standard InChI is InChI=1S/C27H38N2O8/c1-7-34-22(30)13-11-18-16(5)24(26(32)36-9-3)28-20(18)15-21-19(12-14-23(31)35-8-2)17(6)25(29-21)27(33)37-10-4/h28-29H,7-15H2,1-6H3. The van der Waals surface area contributed by atoms with Gasteiger partial charge in [-0.2, -0.15) is 0 Å².